The quantitative estimate of drug-likeness (QED) is 0.644. The molecule has 4 heteroatoms. The van der Waals surface area contributed by atoms with Gasteiger partial charge in [0.2, 0.25) is 5.91 Å². The SMILES string of the molecule is CCC(=O)NCC(C)(F)F. The first-order valence-electron chi connectivity index (χ1n) is 3.10. The highest BCUT2D eigenvalue weighted by molar-refractivity contribution is 5.75. The second-order valence-corrected chi connectivity index (χ2v) is 2.20. The minimum atomic E-state index is -2.80. The van der Waals surface area contributed by atoms with Gasteiger partial charge >= 0.3 is 0 Å². The number of nitrogens with one attached hydrogen (secondary N) is 1. The molecule has 0 rings (SSSR count). The number of rotatable bonds is 3. The number of alkyl halides is 2. The molecule has 0 radical (unpaired) electrons. The van der Waals surface area contributed by atoms with Crippen LogP contribution in [0.25, 0.3) is 0 Å². The minimum Gasteiger partial charge on any atom is -0.350 e. The first kappa shape index (κ1) is 9.33. The Kier molecular flexibility index (Phi) is 3.25. The van der Waals surface area contributed by atoms with Gasteiger partial charge in [-0.05, 0) is 0 Å². The highest BCUT2D eigenvalue weighted by Crippen LogP contribution is 2.08. The fourth-order valence-corrected chi connectivity index (χ4v) is 0.379. The van der Waals surface area contributed by atoms with Gasteiger partial charge in [-0.15, -0.1) is 0 Å². The average Bonchev–Trinajstić information content (AvgIpc) is 1.81. The lowest BCUT2D eigenvalue weighted by Crippen LogP contribution is -2.33. The van der Waals surface area contributed by atoms with Crippen molar-refractivity contribution in [3.8, 4) is 0 Å². The van der Waals surface area contributed by atoms with Crippen LogP contribution in [-0.2, 0) is 4.79 Å². The van der Waals surface area contributed by atoms with Crippen molar-refractivity contribution in [3.05, 3.63) is 0 Å². The summed E-state index contributed by atoms with van der Waals surface area (Å²) >= 11 is 0. The van der Waals surface area contributed by atoms with Crippen LogP contribution in [0.5, 0.6) is 0 Å². The van der Waals surface area contributed by atoms with E-state index in [1.165, 1.54) is 0 Å². The fourth-order valence-electron chi connectivity index (χ4n) is 0.379. The molecule has 0 spiro atoms. The third kappa shape index (κ3) is 5.47. The van der Waals surface area contributed by atoms with Crippen molar-refractivity contribution in [1.29, 1.82) is 0 Å². The molecular weight excluding hydrogens is 140 g/mol. The van der Waals surface area contributed by atoms with Gasteiger partial charge in [-0.2, -0.15) is 0 Å². The van der Waals surface area contributed by atoms with Gasteiger partial charge in [-0.3, -0.25) is 4.79 Å². The molecule has 0 unspecified atom stereocenters. The number of carbonyl (C=O) groups excluding carboxylic acids is 1. The maximum Gasteiger partial charge on any atom is 0.262 e. The lowest BCUT2D eigenvalue weighted by Gasteiger charge is -2.09. The van der Waals surface area contributed by atoms with E-state index in [2.05, 4.69) is 5.32 Å². The Morgan fingerprint density at radius 2 is 2.10 bits per heavy atom. The molecule has 10 heavy (non-hydrogen) atoms. The first-order valence-corrected chi connectivity index (χ1v) is 3.10. The first-order chi connectivity index (χ1) is 4.45. The molecule has 0 aromatic carbocycles. The van der Waals surface area contributed by atoms with Crippen LogP contribution in [0.3, 0.4) is 0 Å². The molecule has 0 saturated carbocycles. The van der Waals surface area contributed by atoms with Gasteiger partial charge < -0.3 is 5.32 Å². The molecule has 0 atom stereocenters. The largest absolute Gasteiger partial charge is 0.350 e. The topological polar surface area (TPSA) is 29.1 Å². The summed E-state index contributed by atoms with van der Waals surface area (Å²) < 4.78 is 24.0. The second-order valence-electron chi connectivity index (χ2n) is 2.20. The maximum absolute atomic E-state index is 12.0. The number of hydrogen-bond acceptors (Lipinski definition) is 1. The number of halogens is 2. The predicted octanol–water partition coefficient (Wildman–Crippen LogP) is 1.17. The lowest BCUT2D eigenvalue weighted by atomic mass is 10.3. The van der Waals surface area contributed by atoms with Gasteiger partial charge in [0, 0.05) is 13.3 Å². The second kappa shape index (κ2) is 3.49. The van der Waals surface area contributed by atoms with Crippen LogP contribution in [0.15, 0.2) is 0 Å². The normalized spacial score (nSPS) is 11.2. The Balaban J connectivity index is 3.46. The summed E-state index contributed by atoms with van der Waals surface area (Å²) in [5, 5.41) is 2.08. The molecule has 0 aliphatic rings. The van der Waals surface area contributed by atoms with Crippen LogP contribution in [0, 0.1) is 0 Å². The molecule has 0 bridgehead atoms. The van der Waals surface area contributed by atoms with E-state index in [9.17, 15) is 13.6 Å². The molecule has 0 aromatic rings. The molecule has 0 aromatic heterocycles. The molecular formula is C6H11F2NO. The molecule has 0 aliphatic heterocycles. The summed E-state index contributed by atoms with van der Waals surface area (Å²) in [6.07, 6.45) is 0.246. The summed E-state index contributed by atoms with van der Waals surface area (Å²) in [4.78, 5) is 10.4. The zero-order valence-electron chi connectivity index (χ0n) is 6.08. The van der Waals surface area contributed by atoms with Crippen LogP contribution < -0.4 is 5.32 Å². The number of carbonyl (C=O) groups is 1. The zero-order chi connectivity index (χ0) is 8.20. The third-order valence-electron chi connectivity index (χ3n) is 0.917. The highest BCUT2D eigenvalue weighted by Gasteiger charge is 2.20. The van der Waals surface area contributed by atoms with Crippen molar-refractivity contribution in [2.24, 2.45) is 0 Å². The van der Waals surface area contributed by atoms with Crippen molar-refractivity contribution < 1.29 is 13.6 Å². The highest BCUT2D eigenvalue weighted by atomic mass is 19.3. The Morgan fingerprint density at radius 3 is 2.40 bits per heavy atom. The molecule has 0 heterocycles. The van der Waals surface area contributed by atoms with Crippen LogP contribution in [-0.4, -0.2) is 18.4 Å². The van der Waals surface area contributed by atoms with Crippen molar-refractivity contribution in [2.75, 3.05) is 6.54 Å². The van der Waals surface area contributed by atoms with E-state index in [0.717, 1.165) is 6.92 Å². The lowest BCUT2D eigenvalue weighted by molar-refractivity contribution is -0.122. The fraction of sp³-hybridized carbons (Fsp3) is 0.833. The molecule has 0 fully saturated rings. The Morgan fingerprint density at radius 1 is 1.60 bits per heavy atom. The van der Waals surface area contributed by atoms with Crippen LogP contribution >= 0.6 is 0 Å². The van der Waals surface area contributed by atoms with Gasteiger partial charge in [-0.25, -0.2) is 8.78 Å². The molecule has 2 nitrogen and oxygen atoms in total. The van der Waals surface area contributed by atoms with E-state index in [-0.39, 0.29) is 12.3 Å². The summed E-state index contributed by atoms with van der Waals surface area (Å²) in [5.74, 6) is -3.15. The Bertz CT molecular complexity index is 119. The van der Waals surface area contributed by atoms with Crippen molar-refractivity contribution >= 4 is 5.91 Å². The smallest absolute Gasteiger partial charge is 0.262 e. The summed E-state index contributed by atoms with van der Waals surface area (Å²) in [5.41, 5.74) is 0. The number of hydrogen-bond donors (Lipinski definition) is 1. The zero-order valence-corrected chi connectivity index (χ0v) is 6.08. The summed E-state index contributed by atoms with van der Waals surface area (Å²) in [6.45, 7) is 1.81. The van der Waals surface area contributed by atoms with Gasteiger partial charge in [-0.1, -0.05) is 6.92 Å². The van der Waals surface area contributed by atoms with Crippen LogP contribution in [0.2, 0.25) is 0 Å². The van der Waals surface area contributed by atoms with Crippen molar-refractivity contribution in [2.45, 2.75) is 26.2 Å². The standard InChI is InChI=1S/C6H11F2NO/c1-3-5(10)9-4-6(2,7)8/h3-4H2,1-2H3,(H,9,10). The molecule has 0 saturated heterocycles. The third-order valence-corrected chi connectivity index (χ3v) is 0.917. The van der Waals surface area contributed by atoms with E-state index < -0.39 is 12.5 Å². The number of amides is 1. The van der Waals surface area contributed by atoms with Gasteiger partial charge in [0.25, 0.3) is 5.92 Å². The molecule has 1 amide bonds. The van der Waals surface area contributed by atoms with E-state index in [4.69, 9.17) is 0 Å². The van der Waals surface area contributed by atoms with Crippen LogP contribution in [0.4, 0.5) is 8.78 Å². The summed E-state index contributed by atoms with van der Waals surface area (Å²) in [6, 6.07) is 0. The monoisotopic (exact) mass is 151 g/mol. The van der Waals surface area contributed by atoms with Gasteiger partial charge in [0.05, 0.1) is 6.54 Å². The molecule has 0 aliphatic carbocycles. The van der Waals surface area contributed by atoms with E-state index in [0.29, 0.717) is 0 Å². The minimum absolute atomic E-state index is 0.246. The van der Waals surface area contributed by atoms with Gasteiger partial charge in [0.15, 0.2) is 0 Å². The Labute approximate surface area is 58.6 Å². The molecule has 1 N–H and O–H groups in total. The summed E-state index contributed by atoms with van der Waals surface area (Å²) in [7, 11) is 0. The average molecular weight is 151 g/mol. The van der Waals surface area contributed by atoms with Crippen molar-refractivity contribution in [1.82, 2.24) is 5.32 Å². The van der Waals surface area contributed by atoms with Gasteiger partial charge in [0.1, 0.15) is 0 Å². The van der Waals surface area contributed by atoms with E-state index in [1.54, 1.807) is 6.92 Å². The van der Waals surface area contributed by atoms with E-state index in [1.807, 2.05) is 0 Å². The Hall–Kier alpha value is -0.670. The van der Waals surface area contributed by atoms with E-state index >= 15 is 0 Å². The predicted molar refractivity (Wildman–Crippen MR) is 33.9 cm³/mol. The molecule has 60 valence electrons. The van der Waals surface area contributed by atoms with Crippen LogP contribution in [0.1, 0.15) is 20.3 Å². The maximum atomic E-state index is 12.0. The van der Waals surface area contributed by atoms with Crippen molar-refractivity contribution in [3.63, 3.8) is 0 Å².